The maximum Gasteiger partial charge on any atom is 0.100 e. The monoisotopic (exact) mass is 206 g/mol. The minimum atomic E-state index is 0.427. The predicted molar refractivity (Wildman–Crippen MR) is 64.0 cm³/mol. The lowest BCUT2D eigenvalue weighted by Crippen LogP contribution is -1.99. The molecule has 0 bridgehead atoms. The summed E-state index contributed by atoms with van der Waals surface area (Å²) < 4.78 is 0. The summed E-state index contributed by atoms with van der Waals surface area (Å²) in [5.74, 6) is 1.07. The molecule has 0 radical (unpaired) electrons. The molecule has 0 aromatic heterocycles. The largest absolute Gasteiger partial charge is 0.398 e. The minimum Gasteiger partial charge on any atom is -0.398 e. The van der Waals surface area contributed by atoms with Crippen molar-refractivity contribution in [2.45, 2.75) is 19.9 Å². The minimum absolute atomic E-state index is 0.427. The van der Waals surface area contributed by atoms with E-state index in [1.807, 2.05) is 13.0 Å². The van der Waals surface area contributed by atoms with Gasteiger partial charge in [-0.25, -0.2) is 0 Å². The van der Waals surface area contributed by atoms with Crippen molar-refractivity contribution in [3.8, 4) is 0 Å². The number of aliphatic imine (C=N–C) groups is 1. The molecule has 2 N–H and O–H groups in total. The lowest BCUT2D eigenvalue weighted by Gasteiger charge is -2.05. The number of nitrogens with zero attached hydrogens (tertiary/aromatic N) is 1. The molecule has 2 rings (SSSR count). The Morgan fingerprint density at radius 1 is 1.50 bits per heavy atom. The van der Waals surface area contributed by atoms with Gasteiger partial charge >= 0.3 is 0 Å². The van der Waals surface area contributed by atoms with E-state index in [0.717, 1.165) is 22.0 Å². The van der Waals surface area contributed by atoms with Gasteiger partial charge in [0.15, 0.2) is 0 Å². The molecule has 2 nitrogen and oxygen atoms in total. The van der Waals surface area contributed by atoms with Crippen molar-refractivity contribution >= 4 is 22.5 Å². The Balaban J connectivity index is 2.37. The zero-order valence-electron chi connectivity index (χ0n) is 8.45. The summed E-state index contributed by atoms with van der Waals surface area (Å²) in [5.41, 5.74) is 9.08. The van der Waals surface area contributed by atoms with Crippen LogP contribution in [0.15, 0.2) is 23.2 Å². The number of rotatable bonds is 1. The first-order valence-corrected chi connectivity index (χ1v) is 5.72. The molecular formula is C11H14N2S. The van der Waals surface area contributed by atoms with Crippen molar-refractivity contribution in [3.05, 3.63) is 29.3 Å². The van der Waals surface area contributed by atoms with E-state index in [2.05, 4.69) is 24.0 Å². The summed E-state index contributed by atoms with van der Waals surface area (Å²) in [6, 6.07) is 6.57. The average Bonchev–Trinajstić information content (AvgIpc) is 2.51. The van der Waals surface area contributed by atoms with Crippen molar-refractivity contribution in [1.29, 1.82) is 0 Å². The highest BCUT2D eigenvalue weighted by molar-refractivity contribution is 8.14. The molecule has 74 valence electrons. The Morgan fingerprint density at radius 2 is 2.29 bits per heavy atom. The van der Waals surface area contributed by atoms with E-state index in [1.54, 1.807) is 11.8 Å². The molecule has 0 fully saturated rings. The number of aryl methyl sites for hydroxylation is 1. The van der Waals surface area contributed by atoms with Gasteiger partial charge in [0, 0.05) is 17.0 Å². The number of nitrogen functional groups attached to an aromatic ring is 1. The number of thioether (sulfide) groups is 1. The average molecular weight is 206 g/mol. The van der Waals surface area contributed by atoms with E-state index in [9.17, 15) is 0 Å². The third kappa shape index (κ3) is 1.77. The van der Waals surface area contributed by atoms with Gasteiger partial charge in [-0.2, -0.15) is 0 Å². The predicted octanol–water partition coefficient (Wildman–Crippen LogP) is 2.46. The topological polar surface area (TPSA) is 38.4 Å². The van der Waals surface area contributed by atoms with Crippen molar-refractivity contribution in [1.82, 2.24) is 0 Å². The highest BCUT2D eigenvalue weighted by atomic mass is 32.2. The second-order valence-corrected chi connectivity index (χ2v) is 4.69. The van der Waals surface area contributed by atoms with Crippen LogP contribution in [0.4, 0.5) is 5.69 Å². The maximum absolute atomic E-state index is 5.95. The van der Waals surface area contributed by atoms with Crippen LogP contribution >= 0.6 is 11.8 Å². The number of hydrogen-bond donors (Lipinski definition) is 1. The van der Waals surface area contributed by atoms with Gasteiger partial charge < -0.3 is 5.73 Å². The molecular weight excluding hydrogens is 192 g/mol. The summed E-state index contributed by atoms with van der Waals surface area (Å²) >= 11 is 1.79. The molecule has 0 aliphatic carbocycles. The fourth-order valence-corrected chi connectivity index (χ4v) is 2.57. The summed E-state index contributed by atoms with van der Waals surface area (Å²) in [6.45, 7) is 4.18. The summed E-state index contributed by atoms with van der Waals surface area (Å²) in [6.07, 6.45) is 0. The standard InChI is InChI=1S/C11H14N2S/c1-7-3-4-9(10(12)5-7)11-13-8(2)6-14-11/h3-5,8H,6,12H2,1-2H3. The van der Waals surface area contributed by atoms with Crippen LogP contribution in [0.3, 0.4) is 0 Å². The first-order valence-electron chi connectivity index (χ1n) is 4.74. The van der Waals surface area contributed by atoms with Crippen LogP contribution in [-0.2, 0) is 0 Å². The van der Waals surface area contributed by atoms with E-state index in [1.165, 1.54) is 5.56 Å². The summed E-state index contributed by atoms with van der Waals surface area (Å²) in [7, 11) is 0. The molecule has 0 saturated carbocycles. The molecule has 1 aliphatic heterocycles. The fraction of sp³-hybridized carbons (Fsp3) is 0.364. The van der Waals surface area contributed by atoms with Gasteiger partial charge in [-0.05, 0) is 31.5 Å². The quantitative estimate of drug-likeness (QED) is 0.717. The van der Waals surface area contributed by atoms with Crippen molar-refractivity contribution in [3.63, 3.8) is 0 Å². The lowest BCUT2D eigenvalue weighted by molar-refractivity contribution is 0.865. The molecule has 3 heteroatoms. The van der Waals surface area contributed by atoms with Gasteiger partial charge in [-0.1, -0.05) is 6.07 Å². The van der Waals surface area contributed by atoms with Gasteiger partial charge in [0.2, 0.25) is 0 Å². The molecule has 0 amide bonds. The first-order chi connectivity index (χ1) is 6.66. The van der Waals surface area contributed by atoms with Crippen LogP contribution in [0.25, 0.3) is 0 Å². The Bertz CT molecular complexity index is 385. The van der Waals surface area contributed by atoms with Crippen LogP contribution in [-0.4, -0.2) is 16.8 Å². The van der Waals surface area contributed by atoms with Gasteiger partial charge in [0.1, 0.15) is 5.04 Å². The molecule has 14 heavy (non-hydrogen) atoms. The number of benzene rings is 1. The third-order valence-electron chi connectivity index (χ3n) is 2.24. The van der Waals surface area contributed by atoms with E-state index < -0.39 is 0 Å². The van der Waals surface area contributed by atoms with Crippen LogP contribution in [0.2, 0.25) is 0 Å². The fourth-order valence-electron chi connectivity index (χ4n) is 1.50. The first kappa shape index (κ1) is 9.59. The molecule has 1 aliphatic rings. The molecule has 0 spiro atoms. The second-order valence-electron chi connectivity index (χ2n) is 3.68. The third-order valence-corrected chi connectivity index (χ3v) is 3.48. The van der Waals surface area contributed by atoms with Gasteiger partial charge in [0.25, 0.3) is 0 Å². The molecule has 1 atom stereocenters. The number of nitrogens with two attached hydrogens (primary N) is 1. The Hall–Kier alpha value is -0.960. The Morgan fingerprint density at radius 3 is 2.86 bits per heavy atom. The van der Waals surface area contributed by atoms with Gasteiger partial charge in [-0.3, -0.25) is 4.99 Å². The molecule has 1 aromatic rings. The van der Waals surface area contributed by atoms with Crippen LogP contribution in [0, 0.1) is 6.92 Å². The Labute approximate surface area is 88.6 Å². The molecule has 1 unspecified atom stereocenters. The van der Waals surface area contributed by atoms with Crippen LogP contribution in [0.1, 0.15) is 18.1 Å². The highest BCUT2D eigenvalue weighted by Gasteiger charge is 2.16. The smallest absolute Gasteiger partial charge is 0.100 e. The van der Waals surface area contributed by atoms with E-state index in [4.69, 9.17) is 5.73 Å². The van der Waals surface area contributed by atoms with Crippen molar-refractivity contribution < 1.29 is 0 Å². The number of hydrogen-bond acceptors (Lipinski definition) is 3. The highest BCUT2D eigenvalue weighted by Crippen LogP contribution is 2.26. The maximum atomic E-state index is 5.95. The second kappa shape index (κ2) is 3.65. The van der Waals surface area contributed by atoms with E-state index in [-0.39, 0.29) is 0 Å². The molecule has 1 aromatic carbocycles. The van der Waals surface area contributed by atoms with Crippen LogP contribution in [0.5, 0.6) is 0 Å². The molecule has 1 heterocycles. The van der Waals surface area contributed by atoms with Crippen molar-refractivity contribution in [2.75, 3.05) is 11.5 Å². The van der Waals surface area contributed by atoms with E-state index in [0.29, 0.717) is 6.04 Å². The lowest BCUT2D eigenvalue weighted by atomic mass is 10.1. The Kier molecular flexibility index (Phi) is 2.50. The SMILES string of the molecule is Cc1ccc(C2=NC(C)CS2)c(N)c1. The normalized spacial score (nSPS) is 21.0. The summed E-state index contributed by atoms with van der Waals surface area (Å²) in [5, 5.41) is 1.09. The van der Waals surface area contributed by atoms with E-state index >= 15 is 0 Å². The summed E-state index contributed by atoms with van der Waals surface area (Å²) in [4.78, 5) is 4.55. The number of anilines is 1. The van der Waals surface area contributed by atoms with Gasteiger partial charge in [0.05, 0.1) is 6.04 Å². The zero-order valence-corrected chi connectivity index (χ0v) is 9.27. The van der Waals surface area contributed by atoms with Gasteiger partial charge in [-0.15, -0.1) is 11.8 Å². The zero-order chi connectivity index (χ0) is 10.1. The molecule has 0 saturated heterocycles. The van der Waals surface area contributed by atoms with Crippen LogP contribution < -0.4 is 5.73 Å². The van der Waals surface area contributed by atoms with Crippen molar-refractivity contribution in [2.24, 2.45) is 4.99 Å².